The lowest BCUT2D eigenvalue weighted by Crippen LogP contribution is -2.43. The fraction of sp³-hybridized carbons (Fsp3) is 0.435. The molecule has 0 bridgehead atoms. The van der Waals surface area contributed by atoms with Gasteiger partial charge in [-0.15, -0.1) is 0 Å². The third-order valence-electron chi connectivity index (χ3n) is 5.38. The van der Waals surface area contributed by atoms with Crippen LogP contribution in [0.1, 0.15) is 41.4 Å². The number of morpholine rings is 1. The van der Waals surface area contributed by atoms with Crippen molar-refractivity contribution in [1.29, 1.82) is 0 Å². The lowest BCUT2D eigenvalue weighted by Gasteiger charge is -2.35. The molecule has 1 heterocycles. The van der Waals surface area contributed by atoms with Crippen LogP contribution >= 0.6 is 0 Å². The molecule has 0 radical (unpaired) electrons. The third kappa shape index (κ3) is 6.78. The van der Waals surface area contributed by atoms with E-state index in [1.807, 2.05) is 0 Å². The number of amides is 1. The predicted molar refractivity (Wildman–Crippen MR) is 121 cm³/mol. The van der Waals surface area contributed by atoms with Crippen molar-refractivity contribution in [3.63, 3.8) is 0 Å². The Morgan fingerprint density at radius 2 is 1.62 bits per heavy atom. The van der Waals surface area contributed by atoms with Crippen LogP contribution in [0.5, 0.6) is 0 Å². The van der Waals surface area contributed by atoms with E-state index in [2.05, 4.69) is 14.9 Å². The lowest BCUT2D eigenvalue weighted by atomic mass is 10.0. The molecule has 0 aliphatic carbocycles. The number of alkyl halides is 3. The monoisotopic (exact) mass is 499 g/mol. The molecule has 1 unspecified atom stereocenters. The summed E-state index contributed by atoms with van der Waals surface area (Å²) in [7, 11) is -3.67. The molecule has 1 aliphatic heterocycles. The van der Waals surface area contributed by atoms with Crippen molar-refractivity contribution in [3.05, 3.63) is 65.2 Å². The zero-order valence-corrected chi connectivity index (χ0v) is 19.7. The van der Waals surface area contributed by atoms with Crippen molar-refractivity contribution in [2.24, 2.45) is 0 Å². The first-order valence-electron chi connectivity index (χ1n) is 10.9. The standard InChI is InChI=1S/C23H28F3N3O4S/c1-16(2)28-34(31,32)20-9-5-18(6-10-20)22(30)27-15-21(29-11-13-33-14-12-29)17-3-7-19(8-4-17)23(24,25)26/h3-10,16,21,28H,11-15H2,1-2H3,(H,27,30). The van der Waals surface area contributed by atoms with Gasteiger partial charge in [0.05, 0.1) is 29.7 Å². The van der Waals surface area contributed by atoms with E-state index in [4.69, 9.17) is 4.74 Å². The molecule has 1 atom stereocenters. The largest absolute Gasteiger partial charge is 0.416 e. The minimum absolute atomic E-state index is 0.0497. The van der Waals surface area contributed by atoms with Crippen LogP contribution in [0, 0.1) is 0 Å². The van der Waals surface area contributed by atoms with Crippen molar-refractivity contribution < 1.29 is 31.1 Å². The van der Waals surface area contributed by atoms with Crippen LogP contribution < -0.4 is 10.0 Å². The Labute approximate surface area is 197 Å². The number of nitrogens with zero attached hydrogens (tertiary/aromatic N) is 1. The molecule has 11 heteroatoms. The second-order valence-corrected chi connectivity index (χ2v) is 10.0. The smallest absolute Gasteiger partial charge is 0.379 e. The highest BCUT2D eigenvalue weighted by Crippen LogP contribution is 2.31. The van der Waals surface area contributed by atoms with E-state index in [1.54, 1.807) is 13.8 Å². The fourth-order valence-corrected chi connectivity index (χ4v) is 4.95. The number of carbonyl (C=O) groups excluding carboxylic acids is 1. The minimum Gasteiger partial charge on any atom is -0.379 e. The maximum absolute atomic E-state index is 13.0. The molecule has 2 aromatic carbocycles. The van der Waals surface area contributed by atoms with Crippen LogP contribution in [0.15, 0.2) is 53.4 Å². The Kier molecular flexibility index (Phi) is 8.34. The van der Waals surface area contributed by atoms with E-state index in [9.17, 15) is 26.4 Å². The molecule has 3 rings (SSSR count). The molecule has 0 aromatic heterocycles. The first-order chi connectivity index (χ1) is 16.0. The molecule has 1 aliphatic rings. The number of rotatable bonds is 8. The number of ether oxygens (including phenoxy) is 1. The van der Waals surface area contributed by atoms with E-state index in [-0.39, 0.29) is 29.1 Å². The van der Waals surface area contributed by atoms with Gasteiger partial charge in [-0.05, 0) is 55.8 Å². The van der Waals surface area contributed by atoms with Gasteiger partial charge < -0.3 is 10.1 Å². The van der Waals surface area contributed by atoms with Gasteiger partial charge in [-0.25, -0.2) is 13.1 Å². The van der Waals surface area contributed by atoms with Crippen LogP contribution in [0.3, 0.4) is 0 Å². The van der Waals surface area contributed by atoms with Crippen LogP contribution in [-0.4, -0.2) is 58.1 Å². The summed E-state index contributed by atoms with van der Waals surface area (Å²) in [5.74, 6) is -0.411. The topological polar surface area (TPSA) is 87.7 Å². The van der Waals surface area contributed by atoms with Crippen molar-refractivity contribution in [2.45, 2.75) is 37.0 Å². The average Bonchev–Trinajstić information content (AvgIpc) is 2.79. The Bertz CT molecular complexity index is 1070. The van der Waals surface area contributed by atoms with Crippen LogP contribution in [0.2, 0.25) is 0 Å². The number of nitrogens with one attached hydrogen (secondary N) is 2. The normalized spacial score (nSPS) is 16.4. The van der Waals surface area contributed by atoms with Gasteiger partial charge in [0, 0.05) is 31.2 Å². The summed E-state index contributed by atoms with van der Waals surface area (Å²) in [4.78, 5) is 14.8. The van der Waals surface area contributed by atoms with Crippen LogP contribution in [-0.2, 0) is 20.9 Å². The Morgan fingerprint density at radius 1 is 1.03 bits per heavy atom. The molecule has 1 fully saturated rings. The third-order valence-corrected chi connectivity index (χ3v) is 7.06. The first kappa shape index (κ1) is 26.1. The van der Waals surface area contributed by atoms with E-state index in [0.717, 1.165) is 12.1 Å². The van der Waals surface area contributed by atoms with E-state index in [1.165, 1.54) is 36.4 Å². The average molecular weight is 500 g/mol. The van der Waals surface area contributed by atoms with Crippen molar-refractivity contribution in [1.82, 2.24) is 14.9 Å². The maximum atomic E-state index is 13.0. The van der Waals surface area contributed by atoms with E-state index < -0.39 is 27.7 Å². The summed E-state index contributed by atoms with van der Waals surface area (Å²) in [6.07, 6.45) is -4.43. The first-order valence-corrected chi connectivity index (χ1v) is 12.4. The van der Waals surface area contributed by atoms with Gasteiger partial charge in [0.1, 0.15) is 0 Å². The van der Waals surface area contributed by atoms with Gasteiger partial charge in [-0.3, -0.25) is 9.69 Å². The van der Waals surface area contributed by atoms with Crippen LogP contribution in [0.25, 0.3) is 0 Å². The second kappa shape index (κ2) is 10.9. The molecule has 0 saturated carbocycles. The molecule has 186 valence electrons. The predicted octanol–water partition coefficient (Wildman–Crippen LogP) is 3.20. The van der Waals surface area contributed by atoms with Gasteiger partial charge in [0.25, 0.3) is 5.91 Å². The number of halogens is 3. The summed E-state index contributed by atoms with van der Waals surface area (Å²) >= 11 is 0. The van der Waals surface area contributed by atoms with Gasteiger partial charge in [0.15, 0.2) is 0 Å². The zero-order valence-electron chi connectivity index (χ0n) is 18.9. The summed E-state index contributed by atoms with van der Waals surface area (Å²) in [6, 6.07) is 9.87. The molecule has 1 amide bonds. The minimum atomic E-state index is -4.43. The molecular weight excluding hydrogens is 471 g/mol. The summed E-state index contributed by atoms with van der Waals surface area (Å²) in [5, 5.41) is 2.82. The number of sulfonamides is 1. The van der Waals surface area contributed by atoms with Crippen molar-refractivity contribution in [2.75, 3.05) is 32.8 Å². The van der Waals surface area contributed by atoms with E-state index in [0.29, 0.717) is 31.9 Å². The van der Waals surface area contributed by atoms with Gasteiger partial charge >= 0.3 is 6.18 Å². The Hall–Kier alpha value is -2.47. The quantitative estimate of drug-likeness (QED) is 0.583. The molecule has 2 aromatic rings. The van der Waals surface area contributed by atoms with Gasteiger partial charge in [-0.2, -0.15) is 13.2 Å². The molecule has 34 heavy (non-hydrogen) atoms. The molecular formula is C23H28F3N3O4S. The molecule has 1 saturated heterocycles. The number of hydrogen-bond donors (Lipinski definition) is 2. The lowest BCUT2D eigenvalue weighted by molar-refractivity contribution is -0.137. The zero-order chi connectivity index (χ0) is 24.9. The highest BCUT2D eigenvalue weighted by atomic mass is 32.2. The van der Waals surface area contributed by atoms with Crippen molar-refractivity contribution >= 4 is 15.9 Å². The molecule has 0 spiro atoms. The molecule has 7 nitrogen and oxygen atoms in total. The second-order valence-electron chi connectivity index (χ2n) is 8.29. The number of hydrogen-bond acceptors (Lipinski definition) is 5. The molecule has 2 N–H and O–H groups in total. The summed E-state index contributed by atoms with van der Waals surface area (Å²) < 4.78 is 71.2. The summed E-state index contributed by atoms with van der Waals surface area (Å²) in [5.41, 5.74) is 0.191. The van der Waals surface area contributed by atoms with Gasteiger partial charge in [0.2, 0.25) is 10.0 Å². The maximum Gasteiger partial charge on any atom is 0.416 e. The summed E-state index contributed by atoms with van der Waals surface area (Å²) in [6.45, 7) is 5.73. The highest BCUT2D eigenvalue weighted by Gasteiger charge is 2.31. The Balaban J connectivity index is 1.73. The number of carbonyl (C=O) groups is 1. The van der Waals surface area contributed by atoms with Crippen molar-refractivity contribution in [3.8, 4) is 0 Å². The SMILES string of the molecule is CC(C)NS(=O)(=O)c1ccc(C(=O)NCC(c2ccc(C(F)(F)F)cc2)N2CCOCC2)cc1. The van der Waals surface area contributed by atoms with Gasteiger partial charge in [-0.1, -0.05) is 12.1 Å². The highest BCUT2D eigenvalue weighted by molar-refractivity contribution is 7.89. The fourth-order valence-electron chi connectivity index (χ4n) is 3.70. The van der Waals surface area contributed by atoms with E-state index >= 15 is 0 Å². The van der Waals surface area contributed by atoms with Crippen LogP contribution in [0.4, 0.5) is 13.2 Å². The Morgan fingerprint density at radius 3 is 2.15 bits per heavy atom. The number of benzene rings is 2.